The van der Waals surface area contributed by atoms with Gasteiger partial charge in [0, 0.05) is 22.7 Å². The summed E-state index contributed by atoms with van der Waals surface area (Å²) < 4.78 is 22.7. The molecule has 0 unspecified atom stereocenters. The van der Waals surface area contributed by atoms with E-state index in [9.17, 15) is 13.2 Å². The van der Waals surface area contributed by atoms with Gasteiger partial charge in [-0.3, -0.25) is 4.79 Å². The maximum absolute atomic E-state index is 12.1. The summed E-state index contributed by atoms with van der Waals surface area (Å²) in [6.45, 7) is 0. The van der Waals surface area contributed by atoms with E-state index in [0.717, 1.165) is 6.26 Å². The predicted octanol–water partition coefficient (Wildman–Crippen LogP) is 2.58. The van der Waals surface area contributed by atoms with Crippen LogP contribution in [0.4, 0.5) is 11.4 Å². The maximum Gasteiger partial charge on any atom is 0.257 e. The molecule has 0 radical (unpaired) electrons. The van der Waals surface area contributed by atoms with Crippen LogP contribution in [0.5, 0.6) is 0 Å². The lowest BCUT2D eigenvalue weighted by Crippen LogP contribution is -2.14. The number of hydrogen-bond acceptors (Lipinski definition) is 4. The van der Waals surface area contributed by atoms with Crippen molar-refractivity contribution in [2.75, 3.05) is 17.3 Å². The van der Waals surface area contributed by atoms with E-state index in [4.69, 9.17) is 17.3 Å². The minimum atomic E-state index is -3.26. The zero-order chi connectivity index (χ0) is 15.6. The van der Waals surface area contributed by atoms with Crippen LogP contribution >= 0.6 is 11.6 Å². The SMILES string of the molecule is CS(=O)(=O)c1ccc(NC(=O)c2cc(Cl)ccc2N)cc1. The van der Waals surface area contributed by atoms with E-state index in [0.29, 0.717) is 16.4 Å². The Labute approximate surface area is 127 Å². The quantitative estimate of drug-likeness (QED) is 0.849. The topological polar surface area (TPSA) is 89.3 Å². The molecule has 0 saturated heterocycles. The Kier molecular flexibility index (Phi) is 4.20. The Bertz CT molecular complexity index is 786. The summed E-state index contributed by atoms with van der Waals surface area (Å²) in [5.74, 6) is -0.415. The first-order valence-electron chi connectivity index (χ1n) is 5.94. The number of sulfone groups is 1. The molecule has 21 heavy (non-hydrogen) atoms. The van der Waals surface area contributed by atoms with Crippen molar-refractivity contribution < 1.29 is 13.2 Å². The van der Waals surface area contributed by atoms with Crippen LogP contribution in [0.3, 0.4) is 0 Å². The third-order valence-corrected chi connectivity index (χ3v) is 4.16. The van der Waals surface area contributed by atoms with Gasteiger partial charge in [-0.2, -0.15) is 0 Å². The fraction of sp³-hybridized carbons (Fsp3) is 0.0714. The number of rotatable bonds is 3. The highest BCUT2D eigenvalue weighted by Crippen LogP contribution is 2.20. The highest BCUT2D eigenvalue weighted by molar-refractivity contribution is 7.90. The Hall–Kier alpha value is -2.05. The summed E-state index contributed by atoms with van der Waals surface area (Å²) in [7, 11) is -3.26. The lowest BCUT2D eigenvalue weighted by atomic mass is 10.1. The van der Waals surface area contributed by atoms with Gasteiger partial charge in [-0.15, -0.1) is 0 Å². The molecule has 2 aromatic carbocycles. The molecule has 0 aliphatic rings. The van der Waals surface area contributed by atoms with Crippen LogP contribution in [0, 0.1) is 0 Å². The summed E-state index contributed by atoms with van der Waals surface area (Å²) in [6.07, 6.45) is 1.12. The Morgan fingerprint density at radius 2 is 1.76 bits per heavy atom. The Morgan fingerprint density at radius 3 is 2.33 bits per heavy atom. The van der Waals surface area contributed by atoms with E-state index in [1.807, 2.05) is 0 Å². The van der Waals surface area contributed by atoms with Gasteiger partial charge in [0.25, 0.3) is 5.91 Å². The number of nitrogens with two attached hydrogens (primary N) is 1. The molecule has 2 aromatic rings. The molecular formula is C14H13ClN2O3S. The van der Waals surface area contributed by atoms with Crippen molar-refractivity contribution in [2.24, 2.45) is 0 Å². The number of anilines is 2. The predicted molar refractivity (Wildman–Crippen MR) is 83.4 cm³/mol. The number of benzene rings is 2. The molecule has 5 nitrogen and oxygen atoms in total. The number of nitrogen functional groups attached to an aromatic ring is 1. The van der Waals surface area contributed by atoms with Gasteiger partial charge in [0.2, 0.25) is 0 Å². The van der Waals surface area contributed by atoms with E-state index in [2.05, 4.69) is 5.32 Å². The monoisotopic (exact) mass is 324 g/mol. The summed E-state index contributed by atoms with van der Waals surface area (Å²) in [5, 5.41) is 3.04. The molecule has 110 valence electrons. The molecule has 0 aliphatic heterocycles. The van der Waals surface area contributed by atoms with Crippen molar-refractivity contribution in [3.63, 3.8) is 0 Å². The van der Waals surface area contributed by atoms with E-state index in [-0.39, 0.29) is 10.5 Å². The molecule has 0 spiro atoms. The normalized spacial score (nSPS) is 11.1. The molecular weight excluding hydrogens is 312 g/mol. The number of nitrogens with one attached hydrogen (secondary N) is 1. The summed E-state index contributed by atoms with van der Waals surface area (Å²) in [5.41, 5.74) is 6.76. The highest BCUT2D eigenvalue weighted by atomic mass is 35.5. The van der Waals surface area contributed by atoms with Crippen LogP contribution in [0.25, 0.3) is 0 Å². The fourth-order valence-corrected chi connectivity index (χ4v) is 2.51. The van der Waals surface area contributed by atoms with E-state index < -0.39 is 15.7 Å². The molecule has 0 atom stereocenters. The van der Waals surface area contributed by atoms with E-state index in [1.54, 1.807) is 12.1 Å². The van der Waals surface area contributed by atoms with Gasteiger partial charge >= 0.3 is 0 Å². The number of halogens is 1. The molecule has 1 amide bonds. The molecule has 7 heteroatoms. The molecule has 3 N–H and O–H groups in total. The molecule has 0 fully saturated rings. The lowest BCUT2D eigenvalue weighted by Gasteiger charge is -2.08. The second kappa shape index (κ2) is 5.75. The van der Waals surface area contributed by atoms with Gasteiger partial charge in [-0.05, 0) is 42.5 Å². The van der Waals surface area contributed by atoms with E-state index >= 15 is 0 Å². The van der Waals surface area contributed by atoms with Crippen LogP contribution in [0.1, 0.15) is 10.4 Å². The second-order valence-corrected chi connectivity index (χ2v) is 6.93. The number of carbonyl (C=O) groups excluding carboxylic acids is 1. The molecule has 2 rings (SSSR count). The van der Waals surface area contributed by atoms with E-state index in [1.165, 1.54) is 30.3 Å². The Balaban J connectivity index is 2.22. The molecule has 0 aromatic heterocycles. The second-order valence-electron chi connectivity index (χ2n) is 4.48. The van der Waals surface area contributed by atoms with Crippen molar-refractivity contribution in [3.8, 4) is 0 Å². The standard InChI is InChI=1S/C14H13ClN2O3S/c1-21(19,20)11-5-3-10(4-6-11)17-14(18)12-8-9(15)2-7-13(12)16/h2-8H,16H2,1H3,(H,17,18). The van der Waals surface area contributed by atoms with Crippen molar-refractivity contribution in [1.29, 1.82) is 0 Å². The third-order valence-electron chi connectivity index (χ3n) is 2.80. The number of hydrogen-bond donors (Lipinski definition) is 2. The van der Waals surface area contributed by atoms with Crippen LogP contribution in [0.2, 0.25) is 5.02 Å². The summed E-state index contributed by atoms with van der Waals surface area (Å²) in [6, 6.07) is 10.5. The first kappa shape index (κ1) is 15.3. The fourth-order valence-electron chi connectivity index (χ4n) is 1.71. The van der Waals surface area contributed by atoms with Gasteiger partial charge < -0.3 is 11.1 Å². The number of amides is 1. The first-order valence-corrected chi connectivity index (χ1v) is 8.21. The smallest absolute Gasteiger partial charge is 0.257 e. The third kappa shape index (κ3) is 3.74. The summed E-state index contributed by atoms with van der Waals surface area (Å²) >= 11 is 5.83. The van der Waals surface area contributed by atoms with Crippen LogP contribution in [-0.4, -0.2) is 20.6 Å². The van der Waals surface area contributed by atoms with Crippen molar-refractivity contribution in [2.45, 2.75) is 4.90 Å². The number of carbonyl (C=O) groups is 1. The molecule has 0 bridgehead atoms. The van der Waals surface area contributed by atoms with Gasteiger partial charge in [-0.25, -0.2) is 8.42 Å². The summed E-state index contributed by atoms with van der Waals surface area (Å²) in [4.78, 5) is 12.3. The average molecular weight is 325 g/mol. The minimum absolute atomic E-state index is 0.183. The Morgan fingerprint density at radius 1 is 1.14 bits per heavy atom. The molecule has 0 heterocycles. The highest BCUT2D eigenvalue weighted by Gasteiger charge is 2.12. The van der Waals surface area contributed by atoms with Gasteiger partial charge in [-0.1, -0.05) is 11.6 Å². The van der Waals surface area contributed by atoms with Gasteiger partial charge in [0.15, 0.2) is 9.84 Å². The molecule has 0 aliphatic carbocycles. The minimum Gasteiger partial charge on any atom is -0.398 e. The maximum atomic E-state index is 12.1. The van der Waals surface area contributed by atoms with Gasteiger partial charge in [0.1, 0.15) is 0 Å². The largest absolute Gasteiger partial charge is 0.398 e. The van der Waals surface area contributed by atoms with Gasteiger partial charge in [0.05, 0.1) is 10.5 Å². The zero-order valence-corrected chi connectivity index (χ0v) is 12.7. The zero-order valence-electron chi connectivity index (χ0n) is 11.1. The van der Waals surface area contributed by atoms with Crippen LogP contribution in [-0.2, 0) is 9.84 Å². The lowest BCUT2D eigenvalue weighted by molar-refractivity contribution is 0.102. The molecule has 0 saturated carbocycles. The van der Waals surface area contributed by atoms with Crippen LogP contribution in [0.15, 0.2) is 47.4 Å². The average Bonchev–Trinajstić information content (AvgIpc) is 2.41. The van der Waals surface area contributed by atoms with Crippen molar-refractivity contribution >= 4 is 38.7 Å². The van der Waals surface area contributed by atoms with Crippen molar-refractivity contribution in [1.82, 2.24) is 0 Å². The van der Waals surface area contributed by atoms with Crippen molar-refractivity contribution in [3.05, 3.63) is 53.1 Å². The van der Waals surface area contributed by atoms with Crippen LogP contribution < -0.4 is 11.1 Å². The first-order chi connectivity index (χ1) is 9.77.